The Balaban J connectivity index is 2.29. The van der Waals surface area contributed by atoms with Crippen molar-refractivity contribution in [1.29, 1.82) is 0 Å². The van der Waals surface area contributed by atoms with Crippen molar-refractivity contribution in [3.63, 3.8) is 0 Å². The normalized spacial score (nSPS) is 16.6. The quantitative estimate of drug-likeness (QED) is 0.806. The summed E-state index contributed by atoms with van der Waals surface area (Å²) in [7, 11) is -1.99. The first-order valence-electron chi connectivity index (χ1n) is 5.88. The van der Waals surface area contributed by atoms with Gasteiger partial charge in [-0.2, -0.15) is 0 Å². The Bertz CT molecular complexity index is 610. The zero-order valence-electron chi connectivity index (χ0n) is 10.8. The molecule has 1 aromatic rings. The molecule has 0 aliphatic carbocycles. The molecule has 2 rings (SSSR count). The molecule has 1 aliphatic heterocycles. The van der Waals surface area contributed by atoms with Gasteiger partial charge >= 0.3 is 0 Å². The van der Waals surface area contributed by atoms with Crippen molar-refractivity contribution in [1.82, 2.24) is 4.72 Å². The molecule has 0 bridgehead atoms. The highest BCUT2D eigenvalue weighted by Crippen LogP contribution is 2.29. The number of amides is 1. The van der Waals surface area contributed by atoms with E-state index in [4.69, 9.17) is 5.11 Å². The molecule has 2 N–H and O–H groups in total. The van der Waals surface area contributed by atoms with Crippen LogP contribution in [0.1, 0.15) is 12.5 Å². The maximum atomic E-state index is 12.0. The Morgan fingerprint density at radius 1 is 1.47 bits per heavy atom. The van der Waals surface area contributed by atoms with E-state index in [1.807, 2.05) is 0 Å². The summed E-state index contributed by atoms with van der Waals surface area (Å²) in [6.07, 6.45) is -0.539. The van der Waals surface area contributed by atoms with Crippen LogP contribution in [-0.4, -0.2) is 39.1 Å². The highest BCUT2D eigenvalue weighted by atomic mass is 32.2. The van der Waals surface area contributed by atoms with E-state index in [0.717, 1.165) is 5.69 Å². The topological polar surface area (TPSA) is 86.7 Å². The zero-order chi connectivity index (χ0) is 14.2. The molecule has 0 radical (unpaired) electrons. The van der Waals surface area contributed by atoms with Gasteiger partial charge in [0.2, 0.25) is 15.9 Å². The van der Waals surface area contributed by atoms with Crippen molar-refractivity contribution in [2.45, 2.75) is 24.3 Å². The van der Waals surface area contributed by atoms with Crippen molar-refractivity contribution >= 4 is 21.6 Å². The number of rotatable bonds is 4. The second-order valence-corrected chi connectivity index (χ2v) is 6.39. The molecule has 19 heavy (non-hydrogen) atoms. The summed E-state index contributed by atoms with van der Waals surface area (Å²) < 4.78 is 26.3. The third-order valence-corrected chi connectivity index (χ3v) is 4.43. The minimum atomic E-state index is -3.65. The first-order chi connectivity index (χ1) is 8.81. The van der Waals surface area contributed by atoms with Crippen molar-refractivity contribution in [3.05, 3.63) is 23.8 Å². The summed E-state index contributed by atoms with van der Waals surface area (Å²) in [5.74, 6) is -0.0542. The van der Waals surface area contributed by atoms with Crippen molar-refractivity contribution in [3.8, 4) is 0 Å². The molecule has 1 aliphatic rings. The molecule has 1 amide bonds. The Morgan fingerprint density at radius 2 is 2.16 bits per heavy atom. The van der Waals surface area contributed by atoms with E-state index in [9.17, 15) is 13.2 Å². The minimum absolute atomic E-state index is 0.0434. The predicted molar refractivity (Wildman–Crippen MR) is 70.4 cm³/mol. The number of aliphatic hydroxyl groups excluding tert-OH is 1. The lowest BCUT2D eigenvalue weighted by Crippen LogP contribution is -2.30. The van der Waals surface area contributed by atoms with Crippen molar-refractivity contribution < 1.29 is 18.3 Å². The van der Waals surface area contributed by atoms with E-state index in [2.05, 4.69) is 4.72 Å². The van der Waals surface area contributed by atoms with E-state index in [1.54, 1.807) is 13.1 Å². The average Bonchev–Trinajstić information content (AvgIpc) is 2.62. The van der Waals surface area contributed by atoms with Crippen LogP contribution in [0.5, 0.6) is 0 Å². The molecular formula is C12H16N2O4S. The van der Waals surface area contributed by atoms with Gasteiger partial charge < -0.3 is 10.0 Å². The molecule has 104 valence electrons. The molecule has 1 aromatic carbocycles. The van der Waals surface area contributed by atoms with Gasteiger partial charge in [0.25, 0.3) is 0 Å². The fourth-order valence-electron chi connectivity index (χ4n) is 1.93. The zero-order valence-corrected chi connectivity index (χ0v) is 11.6. The summed E-state index contributed by atoms with van der Waals surface area (Å²) in [5, 5.41) is 9.11. The monoisotopic (exact) mass is 284 g/mol. The highest BCUT2D eigenvalue weighted by Gasteiger charge is 2.26. The highest BCUT2D eigenvalue weighted by molar-refractivity contribution is 7.89. The molecular weight excluding hydrogens is 268 g/mol. The van der Waals surface area contributed by atoms with E-state index < -0.39 is 16.1 Å². The molecule has 0 spiro atoms. The van der Waals surface area contributed by atoms with Crippen LogP contribution < -0.4 is 9.62 Å². The molecule has 0 saturated carbocycles. The van der Waals surface area contributed by atoms with Crippen LogP contribution in [-0.2, 0) is 21.2 Å². The Labute approximate surface area is 112 Å². The van der Waals surface area contributed by atoms with Crippen LogP contribution in [0.4, 0.5) is 5.69 Å². The molecule has 6 nitrogen and oxygen atoms in total. The van der Waals surface area contributed by atoms with Gasteiger partial charge in [-0.15, -0.1) is 0 Å². The van der Waals surface area contributed by atoms with Gasteiger partial charge in [-0.3, -0.25) is 4.79 Å². The third kappa shape index (κ3) is 2.78. The number of hydrogen-bond acceptors (Lipinski definition) is 4. The number of nitrogens with one attached hydrogen (secondary N) is 1. The van der Waals surface area contributed by atoms with Crippen LogP contribution in [0.2, 0.25) is 0 Å². The lowest BCUT2D eigenvalue weighted by Gasteiger charge is -2.12. The van der Waals surface area contributed by atoms with Crippen molar-refractivity contribution in [2.75, 3.05) is 18.5 Å². The molecule has 1 atom stereocenters. The van der Waals surface area contributed by atoms with E-state index in [1.165, 1.54) is 24.0 Å². The fraction of sp³-hybridized carbons (Fsp3) is 0.417. The molecule has 0 saturated heterocycles. The van der Waals surface area contributed by atoms with E-state index in [-0.39, 0.29) is 23.8 Å². The van der Waals surface area contributed by atoms with Crippen LogP contribution in [0.15, 0.2) is 23.1 Å². The van der Waals surface area contributed by atoms with Gasteiger partial charge in [0, 0.05) is 19.3 Å². The van der Waals surface area contributed by atoms with Gasteiger partial charge in [0.15, 0.2) is 0 Å². The standard InChI is InChI=1S/C12H16N2O4S/c1-8(15)7-13-19(17,18)10-3-4-11-9(5-10)6-12(16)14(11)2/h3-5,8,13,15H,6-7H2,1-2H3. The summed E-state index contributed by atoms with van der Waals surface area (Å²) in [4.78, 5) is 13.2. The predicted octanol–water partition coefficient (Wildman–Crippen LogP) is -0.135. The second kappa shape index (κ2) is 4.92. The number of carbonyl (C=O) groups excluding carboxylic acids is 1. The lowest BCUT2D eigenvalue weighted by atomic mass is 10.2. The Hall–Kier alpha value is -1.44. The van der Waals surface area contributed by atoms with Gasteiger partial charge in [-0.1, -0.05) is 0 Å². The maximum Gasteiger partial charge on any atom is 0.240 e. The van der Waals surface area contributed by atoms with E-state index >= 15 is 0 Å². The van der Waals surface area contributed by atoms with E-state index in [0.29, 0.717) is 5.56 Å². The maximum absolute atomic E-state index is 12.0. The van der Waals surface area contributed by atoms with Crippen LogP contribution >= 0.6 is 0 Å². The van der Waals surface area contributed by atoms with Crippen molar-refractivity contribution in [2.24, 2.45) is 0 Å². The Morgan fingerprint density at radius 3 is 2.79 bits per heavy atom. The number of sulfonamides is 1. The van der Waals surface area contributed by atoms with Crippen LogP contribution in [0.25, 0.3) is 0 Å². The molecule has 7 heteroatoms. The van der Waals surface area contributed by atoms with Gasteiger partial charge in [0.05, 0.1) is 17.4 Å². The molecule has 1 unspecified atom stereocenters. The van der Waals surface area contributed by atoms with Crippen LogP contribution in [0, 0.1) is 0 Å². The smallest absolute Gasteiger partial charge is 0.240 e. The number of hydrogen-bond donors (Lipinski definition) is 2. The summed E-state index contributed by atoms with van der Waals surface area (Å²) in [6, 6.07) is 4.58. The number of aliphatic hydroxyl groups is 1. The van der Waals surface area contributed by atoms with Gasteiger partial charge in [-0.05, 0) is 30.7 Å². The summed E-state index contributed by atoms with van der Waals surface area (Å²) in [6.45, 7) is 1.46. The Kier molecular flexibility index (Phi) is 3.62. The van der Waals surface area contributed by atoms with Gasteiger partial charge in [0.1, 0.15) is 0 Å². The molecule has 1 heterocycles. The summed E-state index contributed by atoms with van der Waals surface area (Å²) >= 11 is 0. The lowest BCUT2D eigenvalue weighted by molar-refractivity contribution is -0.117. The largest absolute Gasteiger partial charge is 0.392 e. The number of fused-ring (bicyclic) bond motifs is 1. The first kappa shape index (κ1) is 14.0. The second-order valence-electron chi connectivity index (χ2n) is 4.62. The number of benzene rings is 1. The number of anilines is 1. The average molecular weight is 284 g/mol. The molecule has 0 aromatic heterocycles. The minimum Gasteiger partial charge on any atom is -0.392 e. The number of carbonyl (C=O) groups is 1. The number of likely N-dealkylation sites (N-methyl/N-ethyl adjacent to an activating group) is 1. The number of nitrogens with zero attached hydrogens (tertiary/aromatic N) is 1. The SMILES string of the molecule is CC(O)CNS(=O)(=O)c1ccc2c(c1)CC(=O)N2C. The summed E-state index contributed by atoms with van der Waals surface area (Å²) in [5.41, 5.74) is 1.44. The molecule has 0 fully saturated rings. The van der Waals surface area contributed by atoms with Crippen LogP contribution in [0.3, 0.4) is 0 Å². The third-order valence-electron chi connectivity index (χ3n) is 3.01. The fourth-order valence-corrected chi connectivity index (χ4v) is 3.10. The van der Waals surface area contributed by atoms with Gasteiger partial charge in [-0.25, -0.2) is 13.1 Å². The first-order valence-corrected chi connectivity index (χ1v) is 7.37.